The number of aromatic amines is 1. The molecule has 2 aromatic heterocycles. The van der Waals surface area contributed by atoms with Gasteiger partial charge in [-0.2, -0.15) is 18.2 Å². The first kappa shape index (κ1) is 24.1. The van der Waals surface area contributed by atoms with Crippen LogP contribution < -0.4 is 21.9 Å². The van der Waals surface area contributed by atoms with E-state index >= 15 is 0 Å². The minimum atomic E-state index is -4.50. The summed E-state index contributed by atoms with van der Waals surface area (Å²) in [6.45, 7) is 4.59. The van der Waals surface area contributed by atoms with Gasteiger partial charge in [-0.25, -0.2) is 4.79 Å². The van der Waals surface area contributed by atoms with E-state index in [0.717, 1.165) is 18.6 Å². The fraction of sp³-hybridized carbons (Fsp3) is 0.429. The molecule has 0 radical (unpaired) electrons. The zero-order chi connectivity index (χ0) is 24.2. The average Bonchev–Trinajstić information content (AvgIpc) is 3.21. The highest BCUT2D eigenvalue weighted by molar-refractivity contribution is 5.62. The van der Waals surface area contributed by atoms with Crippen molar-refractivity contribution in [3.63, 3.8) is 0 Å². The number of nitrogens with two attached hydrogens (primary N) is 1. The van der Waals surface area contributed by atoms with Crippen molar-refractivity contribution in [1.82, 2.24) is 19.7 Å². The molecule has 0 unspecified atom stereocenters. The van der Waals surface area contributed by atoms with E-state index in [1.165, 1.54) is 16.7 Å². The molecule has 3 rings (SSSR count). The van der Waals surface area contributed by atoms with E-state index < -0.39 is 23.0 Å². The average molecular weight is 466 g/mol. The molecule has 9 nitrogen and oxygen atoms in total. The van der Waals surface area contributed by atoms with Crippen molar-refractivity contribution in [1.29, 1.82) is 0 Å². The molecule has 0 aliphatic rings. The van der Waals surface area contributed by atoms with Gasteiger partial charge in [0, 0.05) is 18.7 Å². The summed E-state index contributed by atoms with van der Waals surface area (Å²) >= 11 is 0. The van der Waals surface area contributed by atoms with Crippen LogP contribution in [0.1, 0.15) is 44.6 Å². The molecule has 3 N–H and O–H groups in total. The summed E-state index contributed by atoms with van der Waals surface area (Å²) < 4.78 is 45.6. The minimum absolute atomic E-state index is 0.0117. The Balaban J connectivity index is 1.93. The van der Waals surface area contributed by atoms with E-state index in [4.69, 9.17) is 10.3 Å². The van der Waals surface area contributed by atoms with Crippen molar-refractivity contribution >= 4 is 11.5 Å². The van der Waals surface area contributed by atoms with Crippen molar-refractivity contribution in [2.75, 3.05) is 17.2 Å². The van der Waals surface area contributed by atoms with Crippen molar-refractivity contribution in [2.45, 2.75) is 52.4 Å². The van der Waals surface area contributed by atoms with Crippen LogP contribution in [-0.2, 0) is 19.3 Å². The highest BCUT2D eigenvalue weighted by Crippen LogP contribution is 2.31. The molecule has 0 bridgehead atoms. The van der Waals surface area contributed by atoms with E-state index in [2.05, 4.69) is 15.1 Å². The number of benzene rings is 1. The zero-order valence-corrected chi connectivity index (χ0v) is 18.3. The summed E-state index contributed by atoms with van der Waals surface area (Å²) in [6, 6.07) is 4.60. The number of unbranched alkanes of at least 4 members (excludes halogenated alkanes) is 1. The summed E-state index contributed by atoms with van der Waals surface area (Å²) in [7, 11) is 0. The number of nitrogens with zero attached hydrogens (tertiary/aromatic N) is 4. The second-order valence-corrected chi connectivity index (χ2v) is 7.51. The molecule has 1 aromatic carbocycles. The number of anilines is 2. The Morgan fingerprint density at radius 2 is 1.97 bits per heavy atom. The number of hydrogen-bond acceptors (Lipinski definition) is 7. The fourth-order valence-corrected chi connectivity index (χ4v) is 3.40. The van der Waals surface area contributed by atoms with Gasteiger partial charge in [-0.1, -0.05) is 37.6 Å². The van der Waals surface area contributed by atoms with Crippen LogP contribution in [0.25, 0.3) is 11.4 Å². The SMILES string of the molecule is CCCCn1c(N)c(N(CCC)Cc2nc(-c3cccc(C(F)(F)F)c3)no2)c(=O)[nH]c1=O. The Labute approximate surface area is 187 Å². The van der Waals surface area contributed by atoms with Gasteiger partial charge < -0.3 is 15.2 Å². The Morgan fingerprint density at radius 3 is 2.64 bits per heavy atom. The number of nitrogen functional groups attached to an aromatic ring is 1. The highest BCUT2D eigenvalue weighted by Gasteiger charge is 2.31. The molecule has 0 aliphatic carbocycles. The van der Waals surface area contributed by atoms with Gasteiger partial charge in [0.25, 0.3) is 5.56 Å². The fourth-order valence-electron chi connectivity index (χ4n) is 3.40. The van der Waals surface area contributed by atoms with Crippen LogP contribution in [0.15, 0.2) is 38.4 Å². The van der Waals surface area contributed by atoms with Gasteiger partial charge in [0.05, 0.1) is 12.1 Å². The van der Waals surface area contributed by atoms with Crippen LogP contribution in [0.5, 0.6) is 0 Å². The summed E-state index contributed by atoms with van der Waals surface area (Å²) in [4.78, 5) is 32.9. The first-order valence-corrected chi connectivity index (χ1v) is 10.5. The topological polar surface area (TPSA) is 123 Å². The van der Waals surface area contributed by atoms with Gasteiger partial charge in [0.2, 0.25) is 11.7 Å². The molecule has 0 amide bonds. The van der Waals surface area contributed by atoms with Crippen LogP contribution in [0.2, 0.25) is 0 Å². The monoisotopic (exact) mass is 466 g/mol. The first-order chi connectivity index (χ1) is 15.7. The molecule has 0 spiro atoms. The predicted octanol–water partition coefficient (Wildman–Crippen LogP) is 3.40. The number of alkyl halides is 3. The maximum absolute atomic E-state index is 13.0. The normalized spacial score (nSPS) is 11.7. The number of rotatable bonds is 9. The number of hydrogen-bond donors (Lipinski definition) is 2. The first-order valence-electron chi connectivity index (χ1n) is 10.5. The maximum atomic E-state index is 13.0. The van der Waals surface area contributed by atoms with Crippen LogP contribution in [0.3, 0.4) is 0 Å². The second kappa shape index (κ2) is 9.92. The van der Waals surface area contributed by atoms with Gasteiger partial charge in [0.1, 0.15) is 11.5 Å². The van der Waals surface area contributed by atoms with E-state index in [-0.39, 0.29) is 35.3 Å². The molecule has 2 heterocycles. The highest BCUT2D eigenvalue weighted by atomic mass is 19.4. The predicted molar refractivity (Wildman–Crippen MR) is 117 cm³/mol. The van der Waals surface area contributed by atoms with E-state index in [9.17, 15) is 22.8 Å². The van der Waals surface area contributed by atoms with Crippen LogP contribution in [-0.4, -0.2) is 26.2 Å². The van der Waals surface area contributed by atoms with Crippen molar-refractivity contribution in [2.24, 2.45) is 0 Å². The van der Waals surface area contributed by atoms with Crippen molar-refractivity contribution in [3.8, 4) is 11.4 Å². The van der Waals surface area contributed by atoms with Crippen LogP contribution in [0.4, 0.5) is 24.7 Å². The lowest BCUT2D eigenvalue weighted by Crippen LogP contribution is -2.38. The number of H-pyrrole nitrogens is 1. The molecule has 178 valence electrons. The summed E-state index contributed by atoms with van der Waals surface area (Å²) in [6.07, 6.45) is -2.33. The van der Waals surface area contributed by atoms with Crippen molar-refractivity contribution in [3.05, 3.63) is 56.6 Å². The third kappa shape index (κ3) is 5.44. The summed E-state index contributed by atoms with van der Waals surface area (Å²) in [5, 5.41) is 3.78. The standard InChI is InChI=1S/C21H25F3N6O3/c1-3-5-10-30-17(25)16(19(31)27-20(30)32)29(9-4-2)12-15-26-18(28-33-15)13-7-6-8-14(11-13)21(22,23)24/h6-8,11H,3-5,9-10,12,25H2,1-2H3,(H,27,31,32). The van der Waals surface area contributed by atoms with E-state index in [1.807, 2.05) is 13.8 Å². The quantitative estimate of drug-likeness (QED) is 0.495. The largest absolute Gasteiger partial charge is 0.416 e. The Kier molecular flexibility index (Phi) is 7.24. The zero-order valence-electron chi connectivity index (χ0n) is 18.3. The third-order valence-corrected chi connectivity index (χ3v) is 5.00. The Hall–Kier alpha value is -3.57. The Morgan fingerprint density at radius 1 is 1.21 bits per heavy atom. The molecule has 0 fully saturated rings. The van der Waals surface area contributed by atoms with E-state index in [1.54, 1.807) is 4.90 Å². The smallest absolute Gasteiger partial charge is 0.383 e. The molecule has 33 heavy (non-hydrogen) atoms. The van der Waals surface area contributed by atoms with Gasteiger partial charge >= 0.3 is 11.9 Å². The lowest BCUT2D eigenvalue weighted by atomic mass is 10.1. The second-order valence-electron chi connectivity index (χ2n) is 7.51. The molecule has 12 heteroatoms. The van der Waals surface area contributed by atoms with Gasteiger partial charge in [-0.15, -0.1) is 0 Å². The summed E-state index contributed by atoms with van der Waals surface area (Å²) in [5.41, 5.74) is 4.39. The van der Waals surface area contributed by atoms with Gasteiger partial charge in [-0.05, 0) is 25.0 Å². The maximum Gasteiger partial charge on any atom is 0.416 e. The third-order valence-electron chi connectivity index (χ3n) is 5.00. The lowest BCUT2D eigenvalue weighted by Gasteiger charge is -2.24. The molecule has 0 saturated carbocycles. The molecule has 0 aliphatic heterocycles. The molecular weight excluding hydrogens is 441 g/mol. The number of aromatic nitrogens is 4. The van der Waals surface area contributed by atoms with Crippen molar-refractivity contribution < 1.29 is 17.7 Å². The Bertz CT molecular complexity index is 1210. The van der Waals surface area contributed by atoms with Gasteiger partial charge in [0.15, 0.2) is 0 Å². The van der Waals surface area contributed by atoms with Crippen LogP contribution >= 0.6 is 0 Å². The minimum Gasteiger partial charge on any atom is -0.383 e. The molecule has 3 aromatic rings. The lowest BCUT2D eigenvalue weighted by molar-refractivity contribution is -0.137. The molecular formula is C21H25F3N6O3. The van der Waals surface area contributed by atoms with Gasteiger partial charge in [-0.3, -0.25) is 14.3 Å². The number of halogens is 3. The van der Waals surface area contributed by atoms with E-state index in [0.29, 0.717) is 25.9 Å². The van der Waals surface area contributed by atoms with Crippen LogP contribution in [0, 0.1) is 0 Å². The molecule has 0 saturated heterocycles. The number of nitrogens with one attached hydrogen (secondary N) is 1. The summed E-state index contributed by atoms with van der Waals surface area (Å²) in [5.74, 6) is 0.103. The molecule has 0 atom stereocenters.